The smallest absolute Gasteiger partial charge is 0.0544 e. The van der Waals surface area contributed by atoms with Crippen LogP contribution in [0.2, 0.25) is 5.02 Å². The highest BCUT2D eigenvalue weighted by atomic mass is 35.5. The van der Waals surface area contributed by atoms with E-state index in [1.807, 2.05) is 11.8 Å². The van der Waals surface area contributed by atoms with Crippen molar-refractivity contribution in [2.75, 3.05) is 13.1 Å². The second kappa shape index (κ2) is 6.83. The van der Waals surface area contributed by atoms with Gasteiger partial charge in [0.2, 0.25) is 0 Å². The number of halogens is 1. The molecule has 1 nitrogen and oxygen atoms in total. The summed E-state index contributed by atoms with van der Waals surface area (Å²) in [5, 5.41) is 4.96. The molecular weight excluding hydrogens is 262 g/mol. The van der Waals surface area contributed by atoms with Gasteiger partial charge >= 0.3 is 0 Å². The average Bonchev–Trinajstić information content (AvgIpc) is 2.33. The van der Waals surface area contributed by atoms with Gasteiger partial charge < -0.3 is 5.32 Å². The molecule has 3 heteroatoms. The van der Waals surface area contributed by atoms with Crippen molar-refractivity contribution < 1.29 is 0 Å². The molecule has 0 amide bonds. The van der Waals surface area contributed by atoms with Gasteiger partial charge in [0, 0.05) is 10.1 Å². The molecule has 0 bridgehead atoms. The summed E-state index contributed by atoms with van der Waals surface area (Å²) in [5.41, 5.74) is 1.38. The second-order valence-electron chi connectivity index (χ2n) is 5.35. The lowest BCUT2D eigenvalue weighted by Gasteiger charge is -2.23. The first-order valence-corrected chi connectivity index (χ1v) is 8.06. The first kappa shape index (κ1) is 14.2. The summed E-state index contributed by atoms with van der Waals surface area (Å²) in [6.45, 7) is 6.73. The van der Waals surface area contributed by atoms with E-state index in [2.05, 4.69) is 37.4 Å². The molecule has 1 aromatic rings. The van der Waals surface area contributed by atoms with Crippen LogP contribution in [0.3, 0.4) is 0 Å². The number of hydrogen-bond donors (Lipinski definition) is 1. The molecular formula is C15H22ClNS. The molecule has 18 heavy (non-hydrogen) atoms. The van der Waals surface area contributed by atoms with Gasteiger partial charge in [-0.05, 0) is 56.0 Å². The fourth-order valence-electron chi connectivity index (χ4n) is 2.45. The minimum absolute atomic E-state index is 0.580. The SMILES string of the molecule is CC(C)Sc1ccc(CC2CCCNC2)cc1Cl. The minimum Gasteiger partial charge on any atom is -0.316 e. The molecule has 0 saturated carbocycles. The Morgan fingerprint density at radius 3 is 2.89 bits per heavy atom. The van der Waals surface area contributed by atoms with Crippen LogP contribution in [0, 0.1) is 5.92 Å². The van der Waals surface area contributed by atoms with E-state index < -0.39 is 0 Å². The summed E-state index contributed by atoms with van der Waals surface area (Å²) < 4.78 is 0. The van der Waals surface area contributed by atoms with Gasteiger partial charge in [0.25, 0.3) is 0 Å². The Bertz CT molecular complexity index is 386. The van der Waals surface area contributed by atoms with Crippen LogP contribution in [0.5, 0.6) is 0 Å². The van der Waals surface area contributed by atoms with Crippen LogP contribution < -0.4 is 5.32 Å². The van der Waals surface area contributed by atoms with Crippen molar-refractivity contribution >= 4 is 23.4 Å². The zero-order valence-corrected chi connectivity index (χ0v) is 12.8. The summed E-state index contributed by atoms with van der Waals surface area (Å²) in [6, 6.07) is 6.57. The van der Waals surface area contributed by atoms with Crippen LogP contribution in [0.25, 0.3) is 0 Å². The Morgan fingerprint density at radius 2 is 2.28 bits per heavy atom. The lowest BCUT2D eigenvalue weighted by atomic mass is 9.92. The molecule has 100 valence electrons. The van der Waals surface area contributed by atoms with Crippen LogP contribution in [-0.4, -0.2) is 18.3 Å². The molecule has 1 aliphatic heterocycles. The lowest BCUT2D eigenvalue weighted by Crippen LogP contribution is -2.30. The Hall–Kier alpha value is -0.180. The quantitative estimate of drug-likeness (QED) is 0.823. The fourth-order valence-corrected chi connectivity index (χ4v) is 3.62. The Balaban J connectivity index is 1.99. The van der Waals surface area contributed by atoms with Crippen LogP contribution >= 0.6 is 23.4 Å². The van der Waals surface area contributed by atoms with Crippen LogP contribution in [0.4, 0.5) is 0 Å². The fraction of sp³-hybridized carbons (Fsp3) is 0.600. The molecule has 1 N–H and O–H groups in total. The van der Waals surface area contributed by atoms with Gasteiger partial charge in [0.05, 0.1) is 5.02 Å². The largest absolute Gasteiger partial charge is 0.316 e. The normalized spacial score (nSPS) is 20.3. The Labute approximate surface area is 120 Å². The monoisotopic (exact) mass is 283 g/mol. The van der Waals surface area contributed by atoms with Crippen molar-refractivity contribution in [3.05, 3.63) is 28.8 Å². The molecule has 1 aliphatic rings. The van der Waals surface area contributed by atoms with E-state index in [-0.39, 0.29) is 0 Å². The molecule has 1 heterocycles. The molecule has 0 aliphatic carbocycles. The predicted molar refractivity (Wildman–Crippen MR) is 81.7 cm³/mol. The molecule has 0 spiro atoms. The average molecular weight is 284 g/mol. The summed E-state index contributed by atoms with van der Waals surface area (Å²) in [4.78, 5) is 1.21. The highest BCUT2D eigenvalue weighted by Gasteiger charge is 2.14. The van der Waals surface area contributed by atoms with Gasteiger partial charge in [-0.3, -0.25) is 0 Å². The van der Waals surface area contributed by atoms with Crippen molar-refractivity contribution in [1.29, 1.82) is 0 Å². The molecule has 1 saturated heterocycles. The maximum absolute atomic E-state index is 6.35. The van der Waals surface area contributed by atoms with E-state index in [0.29, 0.717) is 5.25 Å². The molecule has 1 aromatic carbocycles. The van der Waals surface area contributed by atoms with E-state index >= 15 is 0 Å². The zero-order chi connectivity index (χ0) is 13.0. The number of hydrogen-bond acceptors (Lipinski definition) is 2. The van der Waals surface area contributed by atoms with Crippen LogP contribution in [0.15, 0.2) is 23.1 Å². The number of thioether (sulfide) groups is 1. The molecule has 1 atom stereocenters. The number of rotatable bonds is 4. The molecule has 1 fully saturated rings. The van der Waals surface area contributed by atoms with Gasteiger partial charge in [-0.1, -0.05) is 31.5 Å². The maximum Gasteiger partial charge on any atom is 0.0544 e. The Kier molecular flexibility index (Phi) is 5.40. The lowest BCUT2D eigenvalue weighted by molar-refractivity contribution is 0.376. The molecule has 0 radical (unpaired) electrons. The van der Waals surface area contributed by atoms with Crippen molar-refractivity contribution in [2.45, 2.75) is 43.3 Å². The van der Waals surface area contributed by atoms with E-state index in [0.717, 1.165) is 23.9 Å². The highest BCUT2D eigenvalue weighted by Crippen LogP contribution is 2.31. The maximum atomic E-state index is 6.35. The third-order valence-electron chi connectivity index (χ3n) is 3.28. The minimum atomic E-state index is 0.580. The van der Waals surface area contributed by atoms with Crippen molar-refractivity contribution in [3.8, 4) is 0 Å². The summed E-state index contributed by atoms with van der Waals surface area (Å²) in [5.74, 6) is 0.776. The third-order valence-corrected chi connectivity index (χ3v) is 4.79. The van der Waals surface area contributed by atoms with E-state index in [4.69, 9.17) is 11.6 Å². The van der Waals surface area contributed by atoms with E-state index in [9.17, 15) is 0 Å². The highest BCUT2D eigenvalue weighted by molar-refractivity contribution is 8.00. The number of piperidine rings is 1. The van der Waals surface area contributed by atoms with Crippen molar-refractivity contribution in [3.63, 3.8) is 0 Å². The van der Waals surface area contributed by atoms with Crippen LogP contribution in [0.1, 0.15) is 32.3 Å². The summed E-state index contributed by atoms with van der Waals surface area (Å²) >= 11 is 8.19. The predicted octanol–water partition coefficient (Wildman–Crippen LogP) is 4.38. The van der Waals surface area contributed by atoms with Crippen molar-refractivity contribution in [1.82, 2.24) is 5.32 Å². The summed E-state index contributed by atoms with van der Waals surface area (Å²) in [7, 11) is 0. The van der Waals surface area contributed by atoms with E-state index in [1.165, 1.54) is 29.8 Å². The molecule has 0 aromatic heterocycles. The van der Waals surface area contributed by atoms with Gasteiger partial charge in [-0.15, -0.1) is 11.8 Å². The Morgan fingerprint density at radius 1 is 1.44 bits per heavy atom. The van der Waals surface area contributed by atoms with E-state index in [1.54, 1.807) is 0 Å². The number of benzene rings is 1. The van der Waals surface area contributed by atoms with Crippen molar-refractivity contribution in [2.24, 2.45) is 5.92 Å². The van der Waals surface area contributed by atoms with Crippen LogP contribution in [-0.2, 0) is 6.42 Å². The molecule has 1 unspecified atom stereocenters. The third kappa shape index (κ3) is 4.18. The summed E-state index contributed by atoms with van der Waals surface area (Å²) in [6.07, 6.45) is 3.80. The topological polar surface area (TPSA) is 12.0 Å². The second-order valence-corrected chi connectivity index (χ2v) is 7.37. The van der Waals surface area contributed by atoms with Gasteiger partial charge in [-0.25, -0.2) is 0 Å². The first-order chi connectivity index (χ1) is 8.65. The standard InChI is InChI=1S/C15H22ClNS/c1-11(2)18-15-6-5-12(9-14(15)16)8-13-4-3-7-17-10-13/h5-6,9,11,13,17H,3-4,7-8,10H2,1-2H3. The number of nitrogens with one attached hydrogen (secondary N) is 1. The van der Waals surface area contributed by atoms with Gasteiger partial charge in [-0.2, -0.15) is 0 Å². The zero-order valence-electron chi connectivity index (χ0n) is 11.2. The van der Waals surface area contributed by atoms with Gasteiger partial charge in [0.1, 0.15) is 0 Å². The molecule has 2 rings (SSSR count). The first-order valence-electron chi connectivity index (χ1n) is 6.81. The van der Waals surface area contributed by atoms with Gasteiger partial charge in [0.15, 0.2) is 0 Å².